The molecule has 0 aliphatic carbocycles. The Morgan fingerprint density at radius 3 is 2.78 bits per heavy atom. The van der Waals surface area contributed by atoms with Gasteiger partial charge in [-0.1, -0.05) is 0 Å². The molecule has 1 heterocycles. The molecule has 1 saturated heterocycles. The van der Waals surface area contributed by atoms with Crippen LogP contribution in [0.3, 0.4) is 0 Å². The molecule has 0 spiro atoms. The highest BCUT2D eigenvalue weighted by atomic mass is 19.1. The van der Waals surface area contributed by atoms with Gasteiger partial charge >= 0.3 is 0 Å². The molecule has 100 valence electrons. The van der Waals surface area contributed by atoms with Crippen molar-refractivity contribution in [2.75, 3.05) is 37.8 Å². The first-order valence-corrected chi connectivity index (χ1v) is 6.11. The highest BCUT2D eigenvalue weighted by Gasteiger charge is 2.31. The van der Waals surface area contributed by atoms with Crippen LogP contribution in [0.5, 0.6) is 0 Å². The zero-order chi connectivity index (χ0) is 13.3. The molecule has 0 radical (unpaired) electrons. The van der Waals surface area contributed by atoms with Gasteiger partial charge in [0.2, 0.25) is 0 Å². The number of rotatable bonds is 3. The minimum Gasteiger partial charge on any atom is -0.399 e. The maximum absolute atomic E-state index is 13.4. The molecule has 0 aromatic heterocycles. The Hall–Kier alpha value is -1.33. The van der Waals surface area contributed by atoms with Crippen molar-refractivity contribution in [3.63, 3.8) is 0 Å². The van der Waals surface area contributed by atoms with Crippen molar-refractivity contribution in [2.24, 2.45) is 0 Å². The summed E-state index contributed by atoms with van der Waals surface area (Å²) in [6, 6.07) is 4.72. The van der Waals surface area contributed by atoms with Crippen molar-refractivity contribution in [3.05, 3.63) is 24.0 Å². The molecule has 3 N–H and O–H groups in total. The Labute approximate surface area is 107 Å². The lowest BCUT2D eigenvalue weighted by atomic mass is 10.1. The summed E-state index contributed by atoms with van der Waals surface area (Å²) < 4.78 is 13.4. The third-order valence-corrected chi connectivity index (χ3v) is 3.20. The summed E-state index contributed by atoms with van der Waals surface area (Å²) in [5, 5.41) is 9.80. The average Bonchev–Trinajstić information content (AvgIpc) is 2.56. The molecule has 18 heavy (non-hydrogen) atoms. The van der Waals surface area contributed by atoms with E-state index in [1.54, 1.807) is 6.07 Å². The summed E-state index contributed by atoms with van der Waals surface area (Å²) in [7, 11) is 3.98. The van der Waals surface area contributed by atoms with Gasteiger partial charge < -0.3 is 20.6 Å². The number of hydrogen-bond donors (Lipinski definition) is 2. The molecule has 1 aromatic carbocycles. The first-order valence-electron chi connectivity index (χ1n) is 6.11. The van der Waals surface area contributed by atoms with Crippen LogP contribution in [0, 0.1) is 5.82 Å². The van der Waals surface area contributed by atoms with Crippen molar-refractivity contribution in [2.45, 2.75) is 18.6 Å². The van der Waals surface area contributed by atoms with Crippen LogP contribution in [-0.4, -0.2) is 49.3 Å². The molecule has 5 heteroatoms. The number of nitrogens with two attached hydrogens (primary N) is 1. The highest BCUT2D eigenvalue weighted by Crippen LogP contribution is 2.28. The van der Waals surface area contributed by atoms with Gasteiger partial charge in [0.1, 0.15) is 5.82 Å². The molecular weight excluding hydrogens is 233 g/mol. The van der Waals surface area contributed by atoms with Crippen LogP contribution >= 0.6 is 0 Å². The second-order valence-electron chi connectivity index (χ2n) is 5.20. The van der Waals surface area contributed by atoms with Crippen molar-refractivity contribution >= 4 is 11.4 Å². The van der Waals surface area contributed by atoms with Crippen LogP contribution in [0.15, 0.2) is 18.2 Å². The van der Waals surface area contributed by atoms with Crippen molar-refractivity contribution in [3.8, 4) is 0 Å². The van der Waals surface area contributed by atoms with Gasteiger partial charge in [-0.15, -0.1) is 0 Å². The summed E-state index contributed by atoms with van der Waals surface area (Å²) in [5.74, 6) is -0.338. The summed E-state index contributed by atoms with van der Waals surface area (Å²) in [6.45, 7) is 1.36. The first-order chi connectivity index (χ1) is 8.45. The van der Waals surface area contributed by atoms with E-state index < -0.39 is 0 Å². The number of aliphatic hydroxyl groups is 1. The molecule has 0 saturated carbocycles. The minimum absolute atomic E-state index is 0.191. The number of anilines is 2. The summed E-state index contributed by atoms with van der Waals surface area (Å²) >= 11 is 0. The van der Waals surface area contributed by atoms with Crippen LogP contribution in [0.25, 0.3) is 0 Å². The molecule has 4 nitrogen and oxygen atoms in total. The van der Waals surface area contributed by atoms with Gasteiger partial charge in [0.15, 0.2) is 0 Å². The van der Waals surface area contributed by atoms with E-state index in [0.717, 1.165) is 12.2 Å². The molecular formula is C13H20FN3O. The Bertz CT molecular complexity index is 404. The predicted molar refractivity (Wildman–Crippen MR) is 71.1 cm³/mol. The van der Waals surface area contributed by atoms with Gasteiger partial charge in [0, 0.05) is 30.5 Å². The van der Waals surface area contributed by atoms with Gasteiger partial charge in [-0.25, -0.2) is 4.39 Å². The van der Waals surface area contributed by atoms with E-state index in [1.165, 1.54) is 12.1 Å². The minimum atomic E-state index is -0.362. The number of halogens is 1. The number of hydrogen-bond acceptors (Lipinski definition) is 4. The fourth-order valence-corrected chi connectivity index (χ4v) is 2.56. The standard InChI is InChI=1S/C13H20FN3O/c1-16(2)7-12-6-13(18)8-17(12)11-4-9(14)3-10(15)5-11/h3-5,12-13,18H,6-8,15H2,1-2H3. The van der Waals surface area contributed by atoms with Crippen LogP contribution in [0.1, 0.15) is 6.42 Å². The maximum Gasteiger partial charge on any atom is 0.127 e. The lowest BCUT2D eigenvalue weighted by Gasteiger charge is -2.28. The van der Waals surface area contributed by atoms with Gasteiger partial charge in [-0.3, -0.25) is 0 Å². The summed E-state index contributed by atoms with van der Waals surface area (Å²) in [6.07, 6.45) is 0.341. The SMILES string of the molecule is CN(C)CC1CC(O)CN1c1cc(N)cc(F)c1. The molecule has 0 bridgehead atoms. The fraction of sp³-hybridized carbons (Fsp3) is 0.538. The number of nitrogens with zero attached hydrogens (tertiary/aromatic N) is 2. The van der Waals surface area contributed by atoms with E-state index in [4.69, 9.17) is 5.73 Å². The van der Waals surface area contributed by atoms with E-state index >= 15 is 0 Å². The average molecular weight is 253 g/mol. The zero-order valence-electron chi connectivity index (χ0n) is 10.8. The van der Waals surface area contributed by atoms with E-state index in [2.05, 4.69) is 4.90 Å². The predicted octanol–water partition coefficient (Wildman–Crippen LogP) is 0.909. The lowest BCUT2D eigenvalue weighted by Crippen LogP contribution is -2.37. The maximum atomic E-state index is 13.4. The highest BCUT2D eigenvalue weighted by molar-refractivity contribution is 5.57. The van der Waals surface area contributed by atoms with Gasteiger partial charge in [-0.2, -0.15) is 0 Å². The summed E-state index contributed by atoms with van der Waals surface area (Å²) in [4.78, 5) is 4.10. The molecule has 2 rings (SSSR count). The zero-order valence-corrected chi connectivity index (χ0v) is 10.8. The third kappa shape index (κ3) is 2.91. The Balaban J connectivity index is 2.23. The number of likely N-dealkylation sites (N-methyl/N-ethyl adjacent to an activating group) is 1. The smallest absolute Gasteiger partial charge is 0.127 e. The van der Waals surface area contributed by atoms with Crippen LogP contribution in [0.2, 0.25) is 0 Å². The van der Waals surface area contributed by atoms with Gasteiger partial charge in [-0.05, 0) is 38.7 Å². The molecule has 2 unspecified atom stereocenters. The van der Waals surface area contributed by atoms with Crippen LogP contribution in [-0.2, 0) is 0 Å². The van der Waals surface area contributed by atoms with Crippen molar-refractivity contribution in [1.82, 2.24) is 4.90 Å². The third-order valence-electron chi connectivity index (χ3n) is 3.20. The molecule has 1 fully saturated rings. The van der Waals surface area contributed by atoms with Crippen LogP contribution in [0.4, 0.5) is 15.8 Å². The number of β-amino-alcohol motifs (C(OH)–C–C–N with tert-alkyl or cyclic N) is 1. The lowest BCUT2D eigenvalue weighted by molar-refractivity contribution is 0.191. The van der Waals surface area contributed by atoms with E-state index in [1.807, 2.05) is 19.0 Å². The van der Waals surface area contributed by atoms with Crippen molar-refractivity contribution in [1.29, 1.82) is 0 Å². The van der Waals surface area contributed by atoms with E-state index in [9.17, 15) is 9.50 Å². The normalized spacial score (nSPS) is 23.9. The molecule has 0 amide bonds. The van der Waals surface area contributed by atoms with Crippen LogP contribution < -0.4 is 10.6 Å². The van der Waals surface area contributed by atoms with Crippen molar-refractivity contribution < 1.29 is 9.50 Å². The Kier molecular flexibility index (Phi) is 3.73. The molecule has 1 aliphatic rings. The largest absolute Gasteiger partial charge is 0.399 e. The molecule has 2 atom stereocenters. The first kappa shape index (κ1) is 13.1. The second kappa shape index (κ2) is 5.12. The summed E-state index contributed by atoms with van der Waals surface area (Å²) in [5.41, 5.74) is 6.83. The Morgan fingerprint density at radius 2 is 2.17 bits per heavy atom. The number of nitrogen functional groups attached to an aromatic ring is 1. The van der Waals surface area contributed by atoms with Gasteiger partial charge in [0.05, 0.1) is 6.10 Å². The topological polar surface area (TPSA) is 52.7 Å². The quantitative estimate of drug-likeness (QED) is 0.786. The molecule has 1 aromatic rings. The second-order valence-corrected chi connectivity index (χ2v) is 5.20. The fourth-order valence-electron chi connectivity index (χ4n) is 2.56. The van der Waals surface area contributed by atoms with E-state index in [0.29, 0.717) is 18.7 Å². The van der Waals surface area contributed by atoms with E-state index in [-0.39, 0.29) is 18.0 Å². The number of benzene rings is 1. The Morgan fingerprint density at radius 1 is 1.44 bits per heavy atom. The number of aliphatic hydroxyl groups excluding tert-OH is 1. The molecule has 1 aliphatic heterocycles. The van der Waals surface area contributed by atoms with Gasteiger partial charge in [0.25, 0.3) is 0 Å². The monoisotopic (exact) mass is 253 g/mol.